The molecule has 0 bridgehead atoms. The van der Waals surface area contributed by atoms with E-state index in [2.05, 4.69) is 85.7 Å². The van der Waals surface area contributed by atoms with Crippen LogP contribution in [0.3, 0.4) is 0 Å². The number of benzene rings is 4. The summed E-state index contributed by atoms with van der Waals surface area (Å²) in [7, 11) is 5.11. The number of nitrogens with one attached hydrogen (secondary N) is 3. The Labute approximate surface area is 342 Å². The lowest BCUT2D eigenvalue weighted by Gasteiger charge is -2.31. The highest BCUT2D eigenvalue weighted by Crippen LogP contribution is 2.39. The van der Waals surface area contributed by atoms with Crippen LogP contribution in [0.15, 0.2) is 91.3 Å². The zero-order valence-corrected chi connectivity index (χ0v) is 33.7. The molecule has 3 amide bonds. The monoisotopic (exact) mass is 796 g/mol. The number of amides is 3. The number of hydrogen-bond donors (Lipinski definition) is 3. The van der Waals surface area contributed by atoms with Crippen LogP contribution < -0.4 is 14.8 Å². The van der Waals surface area contributed by atoms with Gasteiger partial charge in [-0.3, -0.25) is 14.5 Å². The Morgan fingerprint density at radius 3 is 2.32 bits per heavy atom. The number of likely N-dealkylation sites (N-methyl/N-ethyl adjacent to an activating group) is 1. The van der Waals surface area contributed by atoms with Gasteiger partial charge < -0.3 is 39.3 Å². The first-order valence-corrected chi connectivity index (χ1v) is 19.9. The van der Waals surface area contributed by atoms with Crippen molar-refractivity contribution in [2.75, 3.05) is 47.6 Å². The maximum Gasteiger partial charge on any atom is 0.407 e. The number of ether oxygens (including phenoxy) is 3. The summed E-state index contributed by atoms with van der Waals surface area (Å²) in [5.41, 5.74) is 6.82. The summed E-state index contributed by atoms with van der Waals surface area (Å²) in [4.78, 5) is 60.1. The molecule has 2 aliphatic rings. The molecule has 304 valence electrons. The van der Waals surface area contributed by atoms with E-state index in [1.165, 1.54) is 7.11 Å². The predicted molar refractivity (Wildman–Crippen MR) is 223 cm³/mol. The molecule has 1 fully saturated rings. The summed E-state index contributed by atoms with van der Waals surface area (Å²) < 4.78 is 15.7. The molecule has 4 aromatic carbocycles. The quantitative estimate of drug-likeness (QED) is 0.111. The Bertz CT molecular complexity index is 2480. The van der Waals surface area contributed by atoms with E-state index >= 15 is 0 Å². The molecule has 2 aromatic heterocycles. The first kappa shape index (κ1) is 39.2. The van der Waals surface area contributed by atoms with Crippen molar-refractivity contribution in [3.05, 3.63) is 108 Å². The molecule has 0 radical (unpaired) electrons. The topological polar surface area (TPSA) is 158 Å². The van der Waals surface area contributed by atoms with Crippen molar-refractivity contribution >= 4 is 28.7 Å². The van der Waals surface area contributed by atoms with Crippen LogP contribution in [-0.4, -0.2) is 100 Å². The first-order valence-electron chi connectivity index (χ1n) is 19.9. The molecule has 2 atom stereocenters. The summed E-state index contributed by atoms with van der Waals surface area (Å²) in [5, 5.41) is 4.65. The summed E-state index contributed by atoms with van der Waals surface area (Å²) >= 11 is 0. The molecule has 14 heteroatoms. The Hall–Kier alpha value is -6.67. The number of alkyl carbamates (subject to hydrolysis) is 1. The molecule has 3 N–H and O–H groups in total. The fourth-order valence-electron chi connectivity index (χ4n) is 7.97. The smallest absolute Gasteiger partial charge is 0.407 e. The lowest BCUT2D eigenvalue weighted by atomic mass is 9.98. The number of aromatic nitrogens is 4. The molecular weight excluding hydrogens is 749 g/mol. The Balaban J connectivity index is 0.928. The molecule has 1 unspecified atom stereocenters. The van der Waals surface area contributed by atoms with Gasteiger partial charge in [-0.05, 0) is 90.6 Å². The van der Waals surface area contributed by atoms with Crippen LogP contribution in [0.1, 0.15) is 55.5 Å². The molecule has 14 nitrogen and oxygen atoms in total. The van der Waals surface area contributed by atoms with Gasteiger partial charge in [0.15, 0.2) is 11.5 Å². The molecule has 59 heavy (non-hydrogen) atoms. The van der Waals surface area contributed by atoms with E-state index in [0.29, 0.717) is 37.0 Å². The summed E-state index contributed by atoms with van der Waals surface area (Å²) in [6.45, 7) is 3.54. The van der Waals surface area contributed by atoms with Crippen LogP contribution >= 0.6 is 0 Å². The van der Waals surface area contributed by atoms with Gasteiger partial charge in [-0.1, -0.05) is 61.5 Å². The maximum atomic E-state index is 14.1. The fourth-order valence-corrected chi connectivity index (χ4v) is 7.97. The van der Waals surface area contributed by atoms with E-state index in [1.807, 2.05) is 55.2 Å². The van der Waals surface area contributed by atoms with Gasteiger partial charge in [-0.2, -0.15) is 0 Å². The molecule has 2 aliphatic heterocycles. The Morgan fingerprint density at radius 1 is 0.864 bits per heavy atom. The molecule has 8 rings (SSSR count). The first-order chi connectivity index (χ1) is 28.7. The van der Waals surface area contributed by atoms with Crippen LogP contribution in [0, 0.1) is 0 Å². The van der Waals surface area contributed by atoms with Gasteiger partial charge in [-0.15, -0.1) is 0 Å². The van der Waals surface area contributed by atoms with E-state index in [-0.39, 0.29) is 31.2 Å². The second-order valence-corrected chi connectivity index (χ2v) is 15.1. The third-order valence-electron chi connectivity index (χ3n) is 11.0. The van der Waals surface area contributed by atoms with E-state index in [9.17, 15) is 14.4 Å². The number of methoxy groups -OCH3 is 1. The van der Waals surface area contributed by atoms with Crippen molar-refractivity contribution in [1.82, 2.24) is 40.0 Å². The van der Waals surface area contributed by atoms with Crippen LogP contribution in [0.2, 0.25) is 0 Å². The lowest BCUT2D eigenvalue weighted by molar-refractivity contribution is -0.137. The second kappa shape index (κ2) is 17.0. The number of carbonyl (C=O) groups excluding carboxylic acids is 3. The van der Waals surface area contributed by atoms with Crippen molar-refractivity contribution in [3.8, 4) is 45.1 Å². The standard InChI is InChI=1S/C45H48N8O6/c1-5-18-52(41(54)25-48-45(56)57-4)26-40-46-23-36(49-40)33-15-14-31-20-30(12-13-32(31)21-33)28-8-10-29(11-9-28)35-24-47-43(50-35)37-7-6-19-53(37)44(55)42(51(2)3)34-16-17-38-39(22-34)59-27-58-38/h8-17,20-24,37,42H,5-7,18-19,25-27H2,1-4H3,(H,46,49)(H,47,50)(H,48,56)/t37-,42?/m0/s1. The normalized spacial score (nSPS) is 15.1. The number of carbonyl (C=O) groups is 3. The van der Waals surface area contributed by atoms with Gasteiger partial charge in [0.05, 0.1) is 43.5 Å². The largest absolute Gasteiger partial charge is 0.454 e. The van der Waals surface area contributed by atoms with Crippen LogP contribution in [0.25, 0.3) is 44.4 Å². The number of nitrogens with zero attached hydrogens (tertiary/aromatic N) is 5. The molecule has 0 aliphatic carbocycles. The summed E-state index contributed by atoms with van der Waals surface area (Å²) in [6, 6.07) is 26.3. The highest BCUT2D eigenvalue weighted by molar-refractivity contribution is 5.91. The predicted octanol–water partition coefficient (Wildman–Crippen LogP) is 7.08. The van der Waals surface area contributed by atoms with E-state index < -0.39 is 12.1 Å². The van der Waals surface area contributed by atoms with Crippen molar-refractivity contribution < 1.29 is 28.6 Å². The Kier molecular flexibility index (Phi) is 11.3. The van der Waals surface area contributed by atoms with Crippen LogP contribution in [0.5, 0.6) is 11.5 Å². The van der Waals surface area contributed by atoms with Crippen molar-refractivity contribution in [1.29, 1.82) is 0 Å². The number of rotatable bonds is 13. The minimum atomic E-state index is -0.645. The zero-order valence-electron chi connectivity index (χ0n) is 33.7. The van der Waals surface area contributed by atoms with E-state index in [4.69, 9.17) is 14.5 Å². The average molecular weight is 797 g/mol. The number of aromatic amines is 2. The summed E-state index contributed by atoms with van der Waals surface area (Å²) in [5.74, 6) is 2.63. The maximum absolute atomic E-state index is 14.1. The lowest BCUT2D eigenvalue weighted by Crippen LogP contribution is -2.40. The number of likely N-dealkylation sites (tertiary alicyclic amines) is 1. The summed E-state index contributed by atoms with van der Waals surface area (Å²) in [6.07, 6.45) is 5.50. The van der Waals surface area contributed by atoms with Crippen molar-refractivity contribution in [3.63, 3.8) is 0 Å². The Morgan fingerprint density at radius 2 is 1.56 bits per heavy atom. The molecule has 1 saturated heterocycles. The van der Waals surface area contributed by atoms with Crippen LogP contribution in [-0.2, 0) is 20.9 Å². The fraction of sp³-hybridized carbons (Fsp3) is 0.311. The van der Waals surface area contributed by atoms with Crippen molar-refractivity contribution in [2.24, 2.45) is 0 Å². The molecular formula is C45H48N8O6. The van der Waals surface area contributed by atoms with Gasteiger partial charge in [0.25, 0.3) is 0 Å². The molecule has 6 aromatic rings. The highest BCUT2D eigenvalue weighted by atomic mass is 16.7. The molecule has 0 spiro atoms. The molecule has 4 heterocycles. The molecule has 0 saturated carbocycles. The van der Waals surface area contributed by atoms with Gasteiger partial charge in [0, 0.05) is 18.7 Å². The van der Waals surface area contributed by atoms with E-state index in [1.54, 1.807) is 11.1 Å². The van der Waals surface area contributed by atoms with Gasteiger partial charge >= 0.3 is 6.09 Å². The van der Waals surface area contributed by atoms with Gasteiger partial charge in [0.2, 0.25) is 18.6 Å². The average Bonchev–Trinajstić information content (AvgIpc) is 4.10. The zero-order chi connectivity index (χ0) is 41.0. The minimum absolute atomic E-state index is 0.0354. The third kappa shape index (κ3) is 8.35. The number of H-pyrrole nitrogens is 2. The van der Waals surface area contributed by atoms with Gasteiger partial charge in [-0.25, -0.2) is 14.8 Å². The minimum Gasteiger partial charge on any atom is -0.454 e. The highest BCUT2D eigenvalue weighted by Gasteiger charge is 2.37. The van der Waals surface area contributed by atoms with Gasteiger partial charge in [0.1, 0.15) is 24.2 Å². The van der Waals surface area contributed by atoms with Crippen LogP contribution in [0.4, 0.5) is 4.79 Å². The van der Waals surface area contributed by atoms with Crippen molar-refractivity contribution in [2.45, 2.75) is 44.8 Å². The second-order valence-electron chi connectivity index (χ2n) is 15.1. The number of fused-ring (bicyclic) bond motifs is 2. The third-order valence-corrected chi connectivity index (χ3v) is 11.0. The van der Waals surface area contributed by atoms with E-state index in [0.717, 1.165) is 75.1 Å². The number of imidazole rings is 2. The number of hydrogen-bond acceptors (Lipinski definition) is 9. The SMILES string of the molecule is CCCN(Cc1ncc(-c2ccc3cc(-c4ccc(-c5cnc([C@@H]6CCCN6C(=O)C(c6ccc7c(c6)OCO7)N(C)C)[nH]5)cc4)ccc3c2)[nH]1)C(=O)CNC(=O)OC.